The third-order valence-corrected chi connectivity index (χ3v) is 3.80. The lowest BCUT2D eigenvalue weighted by Gasteiger charge is -2.41. The monoisotopic (exact) mass is 330 g/mol. The second-order valence-electron chi connectivity index (χ2n) is 6.46. The van der Waals surface area contributed by atoms with E-state index < -0.39 is 35.4 Å². The highest BCUT2D eigenvalue weighted by molar-refractivity contribution is 6.00. The number of hydrazone groups is 1. The highest BCUT2D eigenvalue weighted by Gasteiger charge is 2.57. The molecule has 8 heteroatoms. The van der Waals surface area contributed by atoms with Gasteiger partial charge >= 0.3 is 6.18 Å². The van der Waals surface area contributed by atoms with Crippen LogP contribution in [0.3, 0.4) is 0 Å². The van der Waals surface area contributed by atoms with Gasteiger partial charge in [-0.3, -0.25) is 4.79 Å². The van der Waals surface area contributed by atoms with Crippen LogP contribution >= 0.6 is 0 Å². The van der Waals surface area contributed by atoms with E-state index in [9.17, 15) is 28.2 Å². The molecule has 1 aromatic rings. The smallest absolute Gasteiger partial charge is 0.431 e. The normalized spacial score (nSPS) is 22.2. The molecule has 0 spiro atoms. The van der Waals surface area contributed by atoms with Crippen molar-refractivity contribution < 1.29 is 28.2 Å². The van der Waals surface area contributed by atoms with Gasteiger partial charge in [0.25, 0.3) is 5.91 Å². The van der Waals surface area contributed by atoms with E-state index in [1.807, 2.05) is 0 Å². The first-order chi connectivity index (χ1) is 10.4. The first kappa shape index (κ1) is 17.3. The van der Waals surface area contributed by atoms with E-state index in [1.165, 1.54) is 39.0 Å². The number of alkyl halides is 3. The first-order valence-electron chi connectivity index (χ1n) is 6.87. The number of nitrogens with zero attached hydrogens (tertiary/aromatic N) is 2. The summed E-state index contributed by atoms with van der Waals surface area (Å²) in [5.41, 5.74) is -4.49. The van der Waals surface area contributed by atoms with E-state index in [0.29, 0.717) is 5.01 Å². The Morgan fingerprint density at radius 2 is 1.91 bits per heavy atom. The Morgan fingerprint density at radius 3 is 2.39 bits per heavy atom. The average molecular weight is 330 g/mol. The summed E-state index contributed by atoms with van der Waals surface area (Å²) in [5.74, 6) is -1.13. The van der Waals surface area contributed by atoms with Gasteiger partial charge in [-0.1, -0.05) is 26.8 Å². The fourth-order valence-electron chi connectivity index (χ4n) is 2.26. The Hall–Kier alpha value is -2.09. The lowest BCUT2D eigenvalue weighted by molar-refractivity contribution is -0.144. The minimum atomic E-state index is -4.74. The summed E-state index contributed by atoms with van der Waals surface area (Å²) in [4.78, 5) is 12.5. The van der Waals surface area contributed by atoms with Gasteiger partial charge in [0.2, 0.25) is 0 Å². The number of halogens is 3. The molecular formula is C15H17F3N2O3. The minimum absolute atomic E-state index is 0.0696. The van der Waals surface area contributed by atoms with Gasteiger partial charge in [0, 0.05) is 17.4 Å². The number of aliphatic hydroxyl groups is 1. The van der Waals surface area contributed by atoms with E-state index in [-0.39, 0.29) is 11.3 Å². The van der Waals surface area contributed by atoms with E-state index in [4.69, 9.17) is 0 Å². The Kier molecular flexibility index (Phi) is 3.92. The lowest BCUT2D eigenvalue weighted by Crippen LogP contribution is -2.55. The molecule has 1 heterocycles. The molecule has 5 nitrogen and oxygen atoms in total. The number of phenolic OH excluding ortho intramolecular Hbond substituents is 1. The molecule has 0 saturated carbocycles. The van der Waals surface area contributed by atoms with Gasteiger partial charge in [0.05, 0.1) is 0 Å². The number of aromatic hydroxyl groups is 1. The average Bonchev–Trinajstić information content (AvgIpc) is 2.77. The molecule has 1 aliphatic rings. The van der Waals surface area contributed by atoms with Crippen molar-refractivity contribution in [3.8, 4) is 5.75 Å². The van der Waals surface area contributed by atoms with Crippen LogP contribution in [0.25, 0.3) is 0 Å². The van der Waals surface area contributed by atoms with Crippen molar-refractivity contribution >= 4 is 11.6 Å². The molecule has 1 aromatic carbocycles. The van der Waals surface area contributed by atoms with Crippen LogP contribution in [0.1, 0.15) is 37.6 Å². The maximum Gasteiger partial charge on any atom is 0.431 e. The number of hydrogen-bond acceptors (Lipinski definition) is 4. The second-order valence-corrected chi connectivity index (χ2v) is 6.46. The van der Waals surface area contributed by atoms with E-state index in [0.717, 1.165) is 6.07 Å². The van der Waals surface area contributed by atoms with Crippen LogP contribution < -0.4 is 0 Å². The fourth-order valence-corrected chi connectivity index (χ4v) is 2.26. The summed E-state index contributed by atoms with van der Waals surface area (Å²) >= 11 is 0. The summed E-state index contributed by atoms with van der Waals surface area (Å²) in [7, 11) is 0. The Labute approximate surface area is 131 Å². The summed E-state index contributed by atoms with van der Waals surface area (Å²) in [6.07, 6.45) is -5.56. The Bertz CT molecular complexity index is 665. The molecule has 0 radical (unpaired) electrons. The summed E-state index contributed by atoms with van der Waals surface area (Å²) in [5, 5.41) is 24.0. The summed E-state index contributed by atoms with van der Waals surface area (Å²) < 4.78 is 38.9. The van der Waals surface area contributed by atoms with Crippen LogP contribution in [0, 0.1) is 5.41 Å². The standard InChI is InChI=1S/C15H17F3N2O3/c1-13(2,3)14(23)8-11(15(16,17)18)19-20(14)12(22)9-5-4-6-10(21)7-9/h4-7,21,23H,8H2,1-3H3. The fraction of sp³-hybridized carbons (Fsp3) is 0.467. The lowest BCUT2D eigenvalue weighted by atomic mass is 9.80. The third kappa shape index (κ3) is 3.03. The van der Waals surface area contributed by atoms with Gasteiger partial charge in [-0.15, -0.1) is 0 Å². The topological polar surface area (TPSA) is 73.1 Å². The van der Waals surface area contributed by atoms with Crippen LogP contribution in [0.15, 0.2) is 29.4 Å². The number of phenols is 1. The molecule has 126 valence electrons. The quantitative estimate of drug-likeness (QED) is 0.831. The van der Waals surface area contributed by atoms with Crippen LogP contribution in [-0.4, -0.2) is 38.7 Å². The molecule has 1 atom stereocenters. The number of carbonyl (C=O) groups excluding carboxylic acids is 1. The first-order valence-corrected chi connectivity index (χ1v) is 6.87. The van der Waals surface area contributed by atoms with Crippen molar-refractivity contribution in [2.45, 2.75) is 39.1 Å². The SMILES string of the molecule is CC(C)(C)C1(O)CC(C(F)(F)F)=NN1C(=O)c1cccc(O)c1. The molecular weight excluding hydrogens is 313 g/mol. The van der Waals surface area contributed by atoms with E-state index in [2.05, 4.69) is 5.10 Å². The molecule has 2 rings (SSSR count). The molecule has 2 N–H and O–H groups in total. The van der Waals surface area contributed by atoms with Crippen molar-refractivity contribution in [1.29, 1.82) is 0 Å². The highest BCUT2D eigenvalue weighted by atomic mass is 19.4. The highest BCUT2D eigenvalue weighted by Crippen LogP contribution is 2.44. The Balaban J connectivity index is 2.50. The summed E-state index contributed by atoms with van der Waals surface area (Å²) in [6, 6.07) is 5.13. The molecule has 0 fully saturated rings. The van der Waals surface area contributed by atoms with E-state index in [1.54, 1.807) is 0 Å². The maximum absolute atomic E-state index is 13.0. The summed E-state index contributed by atoms with van der Waals surface area (Å²) in [6.45, 7) is 4.56. The number of rotatable bonds is 1. The van der Waals surface area contributed by atoms with Gasteiger partial charge in [-0.2, -0.15) is 23.3 Å². The number of benzene rings is 1. The predicted octanol–water partition coefficient (Wildman–Crippen LogP) is 2.89. The minimum Gasteiger partial charge on any atom is -0.508 e. The number of hydrogen-bond donors (Lipinski definition) is 2. The van der Waals surface area contributed by atoms with Gasteiger partial charge in [-0.25, -0.2) is 0 Å². The molecule has 1 unspecified atom stereocenters. The largest absolute Gasteiger partial charge is 0.508 e. The number of carbonyl (C=O) groups is 1. The van der Waals surface area contributed by atoms with Gasteiger partial charge in [0.15, 0.2) is 5.72 Å². The van der Waals surface area contributed by atoms with Crippen LogP contribution in [0.5, 0.6) is 5.75 Å². The van der Waals surface area contributed by atoms with Crippen molar-refractivity contribution in [2.24, 2.45) is 10.5 Å². The molecule has 0 aliphatic carbocycles. The molecule has 0 saturated heterocycles. The van der Waals surface area contributed by atoms with Crippen LogP contribution in [0.4, 0.5) is 13.2 Å². The van der Waals surface area contributed by atoms with Crippen molar-refractivity contribution in [3.05, 3.63) is 29.8 Å². The molecule has 23 heavy (non-hydrogen) atoms. The zero-order valence-corrected chi connectivity index (χ0v) is 12.8. The van der Waals surface area contributed by atoms with Gasteiger partial charge in [0.1, 0.15) is 11.5 Å². The van der Waals surface area contributed by atoms with Crippen LogP contribution in [0.2, 0.25) is 0 Å². The molecule has 0 bridgehead atoms. The molecule has 1 aliphatic heterocycles. The van der Waals surface area contributed by atoms with Crippen molar-refractivity contribution in [2.75, 3.05) is 0 Å². The Morgan fingerprint density at radius 1 is 1.30 bits per heavy atom. The van der Waals surface area contributed by atoms with Gasteiger partial charge in [-0.05, 0) is 18.2 Å². The van der Waals surface area contributed by atoms with E-state index >= 15 is 0 Å². The zero-order valence-electron chi connectivity index (χ0n) is 12.8. The predicted molar refractivity (Wildman–Crippen MR) is 76.8 cm³/mol. The van der Waals surface area contributed by atoms with Crippen LogP contribution in [-0.2, 0) is 0 Å². The number of amides is 1. The third-order valence-electron chi connectivity index (χ3n) is 3.80. The van der Waals surface area contributed by atoms with Crippen molar-refractivity contribution in [1.82, 2.24) is 5.01 Å². The van der Waals surface area contributed by atoms with Gasteiger partial charge < -0.3 is 10.2 Å². The molecule has 0 aromatic heterocycles. The van der Waals surface area contributed by atoms with Crippen molar-refractivity contribution in [3.63, 3.8) is 0 Å². The molecule has 1 amide bonds. The second kappa shape index (κ2) is 5.23. The maximum atomic E-state index is 13.0. The zero-order chi connectivity index (χ0) is 17.6.